The first kappa shape index (κ1) is 20.7. The highest BCUT2D eigenvalue weighted by molar-refractivity contribution is 5.89. The van der Waals surface area contributed by atoms with Gasteiger partial charge in [-0.2, -0.15) is 0 Å². The highest BCUT2D eigenvalue weighted by atomic mass is 35.5. The predicted octanol–water partition coefficient (Wildman–Crippen LogP) is 2.67. The Hall–Kier alpha value is -1.59. The zero-order chi connectivity index (χ0) is 17.5. The van der Waals surface area contributed by atoms with Gasteiger partial charge in [-0.05, 0) is 56.7 Å². The van der Waals surface area contributed by atoms with Crippen molar-refractivity contribution in [2.75, 3.05) is 26.2 Å². The van der Waals surface area contributed by atoms with E-state index in [0.717, 1.165) is 37.9 Å². The molecule has 0 bridgehead atoms. The minimum Gasteiger partial charge on any atom is -0.354 e. The molecule has 0 saturated carbocycles. The summed E-state index contributed by atoms with van der Waals surface area (Å²) in [4.78, 5) is 27.0. The van der Waals surface area contributed by atoms with Gasteiger partial charge in [0.15, 0.2) is 0 Å². The van der Waals surface area contributed by atoms with Gasteiger partial charge in [0.2, 0.25) is 11.8 Å². The van der Waals surface area contributed by atoms with Crippen LogP contribution >= 0.6 is 12.4 Å². The SMILES string of the molecule is Cl.O=C(NCCC1CCCNC1)C(c1ccccc1)N1CCCCC1=O. The number of nitrogens with one attached hydrogen (secondary N) is 2. The van der Waals surface area contributed by atoms with Crippen LogP contribution in [-0.2, 0) is 9.59 Å². The van der Waals surface area contributed by atoms with Crippen LogP contribution in [0.25, 0.3) is 0 Å². The maximum Gasteiger partial charge on any atom is 0.247 e. The number of carbonyl (C=O) groups excluding carboxylic acids is 2. The number of hydrogen-bond donors (Lipinski definition) is 2. The van der Waals surface area contributed by atoms with Crippen molar-refractivity contribution >= 4 is 24.2 Å². The molecule has 2 unspecified atom stereocenters. The summed E-state index contributed by atoms with van der Waals surface area (Å²) in [6, 6.07) is 9.18. The van der Waals surface area contributed by atoms with Crippen LogP contribution in [0.4, 0.5) is 0 Å². The zero-order valence-electron chi connectivity index (χ0n) is 15.3. The summed E-state index contributed by atoms with van der Waals surface area (Å²) < 4.78 is 0. The molecule has 5 nitrogen and oxygen atoms in total. The van der Waals surface area contributed by atoms with Gasteiger partial charge in [0.05, 0.1) is 0 Å². The monoisotopic (exact) mass is 379 g/mol. The van der Waals surface area contributed by atoms with Crippen molar-refractivity contribution in [1.29, 1.82) is 0 Å². The molecular weight excluding hydrogens is 350 g/mol. The molecule has 2 N–H and O–H groups in total. The Morgan fingerprint density at radius 1 is 1.23 bits per heavy atom. The van der Waals surface area contributed by atoms with E-state index in [1.165, 1.54) is 12.8 Å². The number of piperidine rings is 2. The van der Waals surface area contributed by atoms with Gasteiger partial charge in [-0.15, -0.1) is 12.4 Å². The summed E-state index contributed by atoms with van der Waals surface area (Å²) in [5.41, 5.74) is 0.898. The topological polar surface area (TPSA) is 61.4 Å². The number of amides is 2. The van der Waals surface area contributed by atoms with E-state index in [1.54, 1.807) is 4.90 Å². The van der Waals surface area contributed by atoms with Gasteiger partial charge in [0, 0.05) is 19.5 Å². The van der Waals surface area contributed by atoms with Crippen molar-refractivity contribution < 1.29 is 9.59 Å². The van der Waals surface area contributed by atoms with E-state index in [9.17, 15) is 9.59 Å². The highest BCUT2D eigenvalue weighted by Gasteiger charge is 2.32. The fourth-order valence-electron chi connectivity index (χ4n) is 3.87. The van der Waals surface area contributed by atoms with Gasteiger partial charge in [0.25, 0.3) is 0 Å². The molecule has 26 heavy (non-hydrogen) atoms. The van der Waals surface area contributed by atoms with Gasteiger partial charge in [0.1, 0.15) is 6.04 Å². The maximum atomic E-state index is 12.9. The number of rotatable bonds is 6. The van der Waals surface area contributed by atoms with Gasteiger partial charge in [-0.3, -0.25) is 9.59 Å². The quantitative estimate of drug-likeness (QED) is 0.798. The van der Waals surface area contributed by atoms with Crippen molar-refractivity contribution in [3.63, 3.8) is 0 Å². The predicted molar refractivity (Wildman–Crippen MR) is 105 cm³/mol. The number of benzene rings is 1. The van der Waals surface area contributed by atoms with Crippen LogP contribution in [0, 0.1) is 5.92 Å². The zero-order valence-corrected chi connectivity index (χ0v) is 16.1. The molecule has 2 aliphatic rings. The molecule has 2 aliphatic heterocycles. The van der Waals surface area contributed by atoms with E-state index in [-0.39, 0.29) is 24.2 Å². The first-order valence-corrected chi connectivity index (χ1v) is 9.58. The van der Waals surface area contributed by atoms with Crippen LogP contribution in [0.2, 0.25) is 0 Å². The van der Waals surface area contributed by atoms with Gasteiger partial charge in [-0.25, -0.2) is 0 Å². The number of hydrogen-bond acceptors (Lipinski definition) is 3. The lowest BCUT2D eigenvalue weighted by Crippen LogP contribution is -2.46. The lowest BCUT2D eigenvalue weighted by Gasteiger charge is -2.34. The number of carbonyl (C=O) groups is 2. The normalized spacial score (nSPS) is 21.6. The number of likely N-dealkylation sites (tertiary alicyclic amines) is 1. The second-order valence-electron chi connectivity index (χ2n) is 7.15. The third kappa shape index (κ3) is 5.45. The molecule has 3 rings (SSSR count). The molecule has 144 valence electrons. The van der Waals surface area contributed by atoms with Crippen molar-refractivity contribution in [2.45, 2.75) is 44.6 Å². The number of halogens is 1. The first-order valence-electron chi connectivity index (χ1n) is 9.58. The Labute approximate surface area is 162 Å². The summed E-state index contributed by atoms with van der Waals surface area (Å²) in [5, 5.41) is 6.50. The van der Waals surface area contributed by atoms with E-state index in [1.807, 2.05) is 30.3 Å². The minimum absolute atomic E-state index is 0. The molecule has 1 aromatic carbocycles. The van der Waals surface area contributed by atoms with Crippen LogP contribution in [0.1, 0.15) is 50.1 Å². The Bertz CT molecular complexity index is 576. The second kappa shape index (κ2) is 10.5. The summed E-state index contributed by atoms with van der Waals surface area (Å²) in [5.74, 6) is 0.679. The van der Waals surface area contributed by atoms with Crippen molar-refractivity contribution in [1.82, 2.24) is 15.5 Å². The molecular formula is C20H30ClN3O2. The molecule has 0 spiro atoms. The smallest absolute Gasteiger partial charge is 0.247 e. The van der Waals surface area contributed by atoms with Crippen LogP contribution in [0.15, 0.2) is 30.3 Å². The Morgan fingerprint density at radius 2 is 2.04 bits per heavy atom. The summed E-state index contributed by atoms with van der Waals surface area (Å²) >= 11 is 0. The van der Waals surface area contributed by atoms with E-state index in [4.69, 9.17) is 0 Å². The van der Waals surface area contributed by atoms with E-state index < -0.39 is 6.04 Å². The van der Waals surface area contributed by atoms with Crippen molar-refractivity contribution in [3.8, 4) is 0 Å². The lowest BCUT2D eigenvalue weighted by molar-refractivity contribution is -0.142. The Balaban J connectivity index is 0.00000243. The van der Waals surface area contributed by atoms with E-state index >= 15 is 0 Å². The second-order valence-corrected chi connectivity index (χ2v) is 7.15. The Morgan fingerprint density at radius 3 is 2.73 bits per heavy atom. The van der Waals surface area contributed by atoms with Gasteiger partial charge < -0.3 is 15.5 Å². The van der Waals surface area contributed by atoms with E-state index in [2.05, 4.69) is 10.6 Å². The molecule has 2 atom stereocenters. The van der Waals surface area contributed by atoms with Crippen molar-refractivity contribution in [2.24, 2.45) is 5.92 Å². The minimum atomic E-state index is -0.501. The molecule has 2 fully saturated rings. The third-order valence-electron chi connectivity index (χ3n) is 5.29. The lowest BCUT2D eigenvalue weighted by atomic mass is 9.96. The number of nitrogens with zero attached hydrogens (tertiary/aromatic N) is 1. The molecule has 6 heteroatoms. The van der Waals surface area contributed by atoms with Crippen LogP contribution in [0.5, 0.6) is 0 Å². The van der Waals surface area contributed by atoms with Crippen molar-refractivity contribution in [3.05, 3.63) is 35.9 Å². The molecule has 2 heterocycles. The van der Waals surface area contributed by atoms with E-state index in [0.29, 0.717) is 25.4 Å². The molecule has 0 aromatic heterocycles. The average molecular weight is 380 g/mol. The summed E-state index contributed by atoms with van der Waals surface area (Å²) in [7, 11) is 0. The first-order chi connectivity index (χ1) is 12.3. The fraction of sp³-hybridized carbons (Fsp3) is 0.600. The summed E-state index contributed by atoms with van der Waals surface area (Å²) in [6.45, 7) is 3.49. The van der Waals surface area contributed by atoms with Gasteiger partial charge in [-0.1, -0.05) is 30.3 Å². The molecule has 2 amide bonds. The van der Waals surface area contributed by atoms with Crippen LogP contribution in [-0.4, -0.2) is 42.9 Å². The Kier molecular flexibility index (Phi) is 8.39. The largest absolute Gasteiger partial charge is 0.354 e. The maximum absolute atomic E-state index is 12.9. The molecule has 2 saturated heterocycles. The highest BCUT2D eigenvalue weighted by Crippen LogP contribution is 2.26. The van der Waals surface area contributed by atoms with Crippen LogP contribution in [0.3, 0.4) is 0 Å². The standard InChI is InChI=1S/C20H29N3O2.ClH/c24-18-10-4-5-14-23(18)19(17-8-2-1-3-9-17)20(25)22-13-11-16-7-6-12-21-15-16;/h1-3,8-9,16,19,21H,4-7,10-15H2,(H,22,25);1H. The van der Waals surface area contributed by atoms with Gasteiger partial charge >= 0.3 is 0 Å². The van der Waals surface area contributed by atoms with Crippen LogP contribution < -0.4 is 10.6 Å². The molecule has 0 radical (unpaired) electrons. The summed E-state index contributed by atoms with van der Waals surface area (Å²) in [6.07, 6.45) is 5.88. The third-order valence-corrected chi connectivity index (χ3v) is 5.29. The molecule has 1 aromatic rings. The molecule has 0 aliphatic carbocycles. The average Bonchev–Trinajstić information content (AvgIpc) is 2.65. The fourth-order valence-corrected chi connectivity index (χ4v) is 3.87.